The lowest BCUT2D eigenvalue weighted by Gasteiger charge is -2.48. The topological polar surface area (TPSA) is 257 Å². The Bertz CT molecular complexity index is 2150. The van der Waals surface area contributed by atoms with Crippen LogP contribution in [0.3, 0.4) is 0 Å². The average molecular weight is 1060 g/mol. The van der Waals surface area contributed by atoms with E-state index in [1.807, 2.05) is 53.7 Å². The molecule has 1 aliphatic carbocycles. The number of ether oxygens (including phenoxy) is 7. The van der Waals surface area contributed by atoms with Crippen molar-refractivity contribution in [2.24, 2.45) is 23.2 Å². The highest BCUT2D eigenvalue weighted by Crippen LogP contribution is 2.46. The summed E-state index contributed by atoms with van der Waals surface area (Å²) in [7, 11) is 1.27. The predicted octanol–water partition coefficient (Wildman–Crippen LogP) is 6.98. The van der Waals surface area contributed by atoms with E-state index in [4.69, 9.17) is 56.4 Å². The highest BCUT2D eigenvalue weighted by atomic mass is 35.5. The fraction of sp³-hybridized carbons (Fsp3) is 0.679. The van der Waals surface area contributed by atoms with Crippen LogP contribution < -0.4 is 0 Å². The first-order chi connectivity index (χ1) is 33.7. The zero-order chi connectivity index (χ0) is 54.1. The Hall–Kier alpha value is -3.59. The van der Waals surface area contributed by atoms with E-state index in [1.54, 1.807) is 32.9 Å². The zero-order valence-corrected chi connectivity index (χ0v) is 45.1. The number of rotatable bonds is 13. The van der Waals surface area contributed by atoms with Crippen molar-refractivity contribution in [3.8, 4) is 11.5 Å². The highest BCUT2D eigenvalue weighted by molar-refractivity contribution is 6.39. The molecule has 0 spiro atoms. The van der Waals surface area contributed by atoms with Gasteiger partial charge in [-0.05, 0) is 82.4 Å². The first-order valence-electron chi connectivity index (χ1n) is 24.8. The molecule has 406 valence electrons. The second kappa shape index (κ2) is 26.8. The summed E-state index contributed by atoms with van der Waals surface area (Å²) >= 11 is 12.3. The van der Waals surface area contributed by atoms with E-state index in [0.29, 0.717) is 12.8 Å². The van der Waals surface area contributed by atoms with E-state index in [9.17, 15) is 50.1 Å². The SMILES string of the molecule is CCc1c(Cl)c(O)c(Cl)c(O)c1C(=O)O[C@H]1[C@H](O)[C@H](OC)[C@H](OCC2=CC=CC[C@H](O)C(C)C[C@H](CC)[C@@H](O[C@@H]3CC(C)(C)[C@@H](OC(=O)C(C)C)[C@H](O)[C@@H]3O)C(C)=CC(C)=CC[C@@H]([C@@H](C)O)OC2=O)O[C@@H]1C. The molecule has 0 radical (unpaired) electrons. The molecule has 1 aromatic carbocycles. The van der Waals surface area contributed by atoms with Gasteiger partial charge in [0.05, 0.1) is 53.6 Å². The van der Waals surface area contributed by atoms with Gasteiger partial charge in [0.25, 0.3) is 0 Å². The minimum Gasteiger partial charge on any atom is -0.505 e. The van der Waals surface area contributed by atoms with Crippen molar-refractivity contribution in [1.29, 1.82) is 0 Å². The molecule has 2 fully saturated rings. The molecule has 0 aromatic heterocycles. The molecule has 15 atom stereocenters. The minimum absolute atomic E-state index is 0.0107. The summed E-state index contributed by atoms with van der Waals surface area (Å²) in [6.45, 7) is 19.1. The third-order valence-electron chi connectivity index (χ3n) is 14.0. The summed E-state index contributed by atoms with van der Waals surface area (Å²) < 4.78 is 41.8. The summed E-state index contributed by atoms with van der Waals surface area (Å²) in [5.74, 6) is -4.60. The number of allylic oxidation sites excluding steroid dienone is 4. The first kappa shape index (κ1) is 61.0. The largest absolute Gasteiger partial charge is 0.505 e. The lowest BCUT2D eigenvalue weighted by atomic mass is 9.70. The van der Waals surface area contributed by atoms with E-state index >= 15 is 0 Å². The van der Waals surface area contributed by atoms with Crippen molar-refractivity contribution >= 4 is 41.1 Å². The van der Waals surface area contributed by atoms with Crippen LogP contribution in [0, 0.1) is 23.2 Å². The molecule has 3 aliphatic rings. The number of carbonyl (C=O) groups excluding carboxylic acids is 3. The molecule has 19 heteroatoms. The third-order valence-corrected chi connectivity index (χ3v) is 14.7. The lowest BCUT2D eigenvalue weighted by molar-refractivity contribution is -0.295. The van der Waals surface area contributed by atoms with Crippen LogP contribution in [0.25, 0.3) is 0 Å². The van der Waals surface area contributed by atoms with Crippen LogP contribution in [-0.4, -0.2) is 147 Å². The Morgan fingerprint density at radius 2 is 1.60 bits per heavy atom. The number of aliphatic hydroxyl groups excluding tert-OH is 5. The van der Waals surface area contributed by atoms with Gasteiger partial charge in [0.1, 0.15) is 47.2 Å². The third kappa shape index (κ3) is 14.8. The summed E-state index contributed by atoms with van der Waals surface area (Å²) in [5, 5.41) is 76.8. The number of methoxy groups -OCH3 is 1. The van der Waals surface area contributed by atoms with Crippen molar-refractivity contribution in [2.75, 3.05) is 13.7 Å². The lowest BCUT2D eigenvalue weighted by Crippen LogP contribution is -2.60. The number of aromatic hydroxyl groups is 2. The number of phenolic OH excluding ortho intramolecular Hbond substituents is 2. The fourth-order valence-electron chi connectivity index (χ4n) is 9.48. The molecule has 1 saturated carbocycles. The Labute approximate surface area is 433 Å². The van der Waals surface area contributed by atoms with Crippen molar-refractivity contribution < 1.29 is 83.3 Å². The first-order valence-corrected chi connectivity index (χ1v) is 25.6. The molecule has 1 aromatic rings. The number of esters is 3. The molecule has 72 heavy (non-hydrogen) atoms. The van der Waals surface area contributed by atoms with Crippen molar-refractivity contribution in [1.82, 2.24) is 0 Å². The average Bonchev–Trinajstić information content (AvgIpc) is 3.32. The Morgan fingerprint density at radius 3 is 2.19 bits per heavy atom. The molecule has 4 rings (SSSR count). The van der Waals surface area contributed by atoms with Crippen LogP contribution in [0.5, 0.6) is 11.5 Å². The highest BCUT2D eigenvalue weighted by Gasteiger charge is 2.52. The Kier molecular flexibility index (Phi) is 22.7. The Morgan fingerprint density at radius 1 is 0.931 bits per heavy atom. The van der Waals surface area contributed by atoms with E-state index in [0.717, 1.165) is 11.1 Å². The molecular formula is C53H78Cl2O17. The van der Waals surface area contributed by atoms with Crippen LogP contribution >= 0.6 is 23.2 Å². The number of carbonyl (C=O) groups is 3. The number of cyclic esters (lactones) is 1. The second-order valence-electron chi connectivity index (χ2n) is 20.5. The van der Waals surface area contributed by atoms with Gasteiger partial charge in [0.2, 0.25) is 0 Å². The van der Waals surface area contributed by atoms with E-state index in [1.165, 1.54) is 27.0 Å². The molecule has 7 N–H and O–H groups in total. The standard InChI is InChI=1S/C53H78Cl2O17/c1-13-31-22-27(6)34(57)18-16-15-17-32(24-67-52-47(66-12)44(62)46(30(9)68-52)71-51(65)37-33(14-2)38(54)42(60)39(55)41(37)59)50(64)70-35(29(8)56)20-19-26(5)21-28(7)45(31)69-36-23-53(10,11)48(43(61)40(36)58)72-49(63)25(3)4/h15-17,19,21,25,27,29-31,34-36,40,43-48,52,56-62H,13-14,18,20,22-24H2,1-12H3/t27?,29-,30-,31+,34+,35+,36-,40-,43-,44+,45+,46-,47+,48+,52-/m1/s1. The van der Waals surface area contributed by atoms with Crippen LogP contribution in [-0.2, 0) is 49.2 Å². The summed E-state index contributed by atoms with van der Waals surface area (Å²) in [5.41, 5.74) is 0.468. The summed E-state index contributed by atoms with van der Waals surface area (Å²) in [6, 6.07) is 0. The number of phenols is 2. The fourth-order valence-corrected chi connectivity index (χ4v) is 10.0. The number of hydrogen-bond donors (Lipinski definition) is 7. The van der Waals surface area contributed by atoms with E-state index in [2.05, 4.69) is 0 Å². The van der Waals surface area contributed by atoms with Gasteiger partial charge >= 0.3 is 17.9 Å². The van der Waals surface area contributed by atoms with E-state index in [-0.39, 0.29) is 53.7 Å². The van der Waals surface area contributed by atoms with Gasteiger partial charge in [-0.2, -0.15) is 0 Å². The summed E-state index contributed by atoms with van der Waals surface area (Å²) in [4.78, 5) is 40.1. The van der Waals surface area contributed by atoms with Gasteiger partial charge in [-0.3, -0.25) is 4.79 Å². The number of hydrogen-bond acceptors (Lipinski definition) is 17. The van der Waals surface area contributed by atoms with Crippen LogP contribution in [0.2, 0.25) is 10.0 Å². The molecule has 17 nitrogen and oxygen atoms in total. The quantitative estimate of drug-likeness (QED) is 0.0777. The summed E-state index contributed by atoms with van der Waals surface area (Å²) in [6.07, 6.45) is -4.36. The number of aliphatic hydroxyl groups is 5. The normalized spacial score (nSPS) is 32.6. The van der Waals surface area contributed by atoms with Gasteiger partial charge in [-0.15, -0.1) is 0 Å². The molecule has 0 amide bonds. The molecule has 2 heterocycles. The Balaban J connectivity index is 1.58. The van der Waals surface area contributed by atoms with Crippen molar-refractivity contribution in [3.63, 3.8) is 0 Å². The monoisotopic (exact) mass is 1060 g/mol. The van der Waals surface area contributed by atoms with Crippen LogP contribution in [0.4, 0.5) is 0 Å². The van der Waals surface area contributed by atoms with Gasteiger partial charge in [-0.25, -0.2) is 9.59 Å². The second-order valence-corrected chi connectivity index (χ2v) is 21.2. The zero-order valence-electron chi connectivity index (χ0n) is 43.5. The maximum atomic E-state index is 14.0. The minimum atomic E-state index is -1.56. The molecule has 1 unspecified atom stereocenters. The van der Waals surface area contributed by atoms with E-state index < -0.39 is 137 Å². The van der Waals surface area contributed by atoms with Crippen LogP contribution in [0.1, 0.15) is 124 Å². The van der Waals surface area contributed by atoms with Gasteiger partial charge in [0, 0.05) is 18.9 Å². The predicted molar refractivity (Wildman–Crippen MR) is 268 cm³/mol. The van der Waals surface area contributed by atoms with Gasteiger partial charge in [0.15, 0.2) is 23.9 Å². The molecule has 2 aliphatic heterocycles. The molecule has 1 saturated heterocycles. The smallest absolute Gasteiger partial charge is 0.342 e. The maximum Gasteiger partial charge on any atom is 0.342 e. The molecular weight excluding hydrogens is 979 g/mol. The maximum absolute atomic E-state index is 14.0. The van der Waals surface area contributed by atoms with Crippen molar-refractivity contribution in [3.05, 3.63) is 68.3 Å². The van der Waals surface area contributed by atoms with Gasteiger partial charge < -0.3 is 68.9 Å². The number of benzene rings is 1. The van der Waals surface area contributed by atoms with Crippen LogP contribution in [0.15, 0.2) is 47.1 Å². The van der Waals surface area contributed by atoms with Gasteiger partial charge in [-0.1, -0.05) is 108 Å². The number of halogens is 2. The van der Waals surface area contributed by atoms with Crippen molar-refractivity contribution in [2.45, 2.75) is 194 Å². The molecule has 0 bridgehead atoms.